The number of nitrogens with zero attached hydrogens (tertiary/aromatic N) is 2. The zero-order valence-electron chi connectivity index (χ0n) is 11.9. The van der Waals surface area contributed by atoms with E-state index in [9.17, 15) is 13.5 Å². The Bertz CT molecular complexity index is 534. The van der Waals surface area contributed by atoms with E-state index in [2.05, 4.69) is 18.7 Å². The Labute approximate surface area is 124 Å². The summed E-state index contributed by atoms with van der Waals surface area (Å²) < 4.78 is 26.7. The smallest absolute Gasteiger partial charge is 0.244 e. The second kappa shape index (κ2) is 6.53. The molecule has 7 heteroatoms. The van der Waals surface area contributed by atoms with Gasteiger partial charge in [-0.2, -0.15) is 4.31 Å². The van der Waals surface area contributed by atoms with E-state index in [4.69, 9.17) is 0 Å². The molecule has 0 radical (unpaired) electrons. The van der Waals surface area contributed by atoms with E-state index < -0.39 is 10.0 Å². The highest BCUT2D eigenvalue weighted by Crippen LogP contribution is 2.26. The van der Waals surface area contributed by atoms with Crippen LogP contribution in [0.25, 0.3) is 0 Å². The van der Waals surface area contributed by atoms with Crippen LogP contribution in [-0.2, 0) is 16.6 Å². The lowest BCUT2D eigenvalue weighted by Gasteiger charge is -2.37. The van der Waals surface area contributed by atoms with Gasteiger partial charge in [0.05, 0.1) is 11.5 Å². The monoisotopic (exact) mass is 318 g/mol. The molecule has 1 aromatic heterocycles. The zero-order chi connectivity index (χ0) is 14.8. The number of hydrogen-bond donors (Lipinski definition) is 1. The Morgan fingerprint density at radius 2 is 2.00 bits per heavy atom. The summed E-state index contributed by atoms with van der Waals surface area (Å²) in [6, 6.07) is 2.08. The molecule has 0 bridgehead atoms. The molecular formula is C13H22N2O3S2. The van der Waals surface area contributed by atoms with Crippen LogP contribution in [-0.4, -0.2) is 55.0 Å². The first-order chi connectivity index (χ1) is 9.50. The normalized spacial score (nSPS) is 20.1. The fourth-order valence-corrected chi connectivity index (χ4v) is 5.14. The van der Waals surface area contributed by atoms with E-state index in [-0.39, 0.29) is 11.5 Å². The van der Waals surface area contributed by atoms with Crippen LogP contribution in [0.2, 0.25) is 0 Å². The molecule has 20 heavy (non-hydrogen) atoms. The van der Waals surface area contributed by atoms with Gasteiger partial charge in [-0.05, 0) is 24.8 Å². The van der Waals surface area contributed by atoms with Gasteiger partial charge in [0.25, 0.3) is 0 Å². The Morgan fingerprint density at radius 3 is 2.55 bits per heavy atom. The van der Waals surface area contributed by atoms with Gasteiger partial charge in [0.15, 0.2) is 0 Å². The molecule has 1 unspecified atom stereocenters. The number of piperazine rings is 1. The van der Waals surface area contributed by atoms with Crippen LogP contribution in [0.5, 0.6) is 0 Å². The lowest BCUT2D eigenvalue weighted by Crippen LogP contribution is -2.51. The van der Waals surface area contributed by atoms with E-state index in [0.717, 1.165) is 19.5 Å². The van der Waals surface area contributed by atoms with Crippen molar-refractivity contribution in [1.29, 1.82) is 0 Å². The number of thiophene rings is 1. The molecule has 0 saturated carbocycles. The third-order valence-corrected chi connectivity index (χ3v) is 6.97. The summed E-state index contributed by atoms with van der Waals surface area (Å²) in [5.41, 5.74) is 0. The maximum Gasteiger partial charge on any atom is 0.244 e. The van der Waals surface area contributed by atoms with Crippen molar-refractivity contribution in [3.63, 3.8) is 0 Å². The van der Waals surface area contributed by atoms with Crippen LogP contribution in [0, 0.1) is 0 Å². The molecule has 0 amide bonds. The highest BCUT2D eigenvalue weighted by molar-refractivity contribution is 7.89. The first kappa shape index (κ1) is 15.9. The van der Waals surface area contributed by atoms with E-state index in [1.807, 2.05) is 0 Å². The van der Waals surface area contributed by atoms with E-state index in [1.165, 1.54) is 15.6 Å². The fraction of sp³-hybridized carbons (Fsp3) is 0.692. The van der Waals surface area contributed by atoms with E-state index in [0.29, 0.717) is 24.0 Å². The lowest BCUT2D eigenvalue weighted by atomic mass is 10.2. The third-order valence-electron chi connectivity index (χ3n) is 3.95. The number of rotatable bonds is 5. The molecule has 1 aliphatic rings. The fourth-order valence-electron chi connectivity index (χ4n) is 2.46. The molecule has 1 saturated heterocycles. The van der Waals surface area contributed by atoms with E-state index >= 15 is 0 Å². The van der Waals surface area contributed by atoms with Gasteiger partial charge in [0.2, 0.25) is 10.0 Å². The van der Waals surface area contributed by atoms with Gasteiger partial charge in [-0.3, -0.25) is 4.90 Å². The molecule has 1 N–H and O–H groups in total. The molecule has 0 aromatic carbocycles. The highest BCUT2D eigenvalue weighted by atomic mass is 32.2. The molecule has 1 atom stereocenters. The third kappa shape index (κ3) is 3.07. The molecule has 0 spiro atoms. The van der Waals surface area contributed by atoms with Gasteiger partial charge in [-0.1, -0.05) is 6.92 Å². The molecule has 114 valence electrons. The predicted molar refractivity (Wildman–Crippen MR) is 80.3 cm³/mol. The van der Waals surface area contributed by atoms with Gasteiger partial charge < -0.3 is 5.11 Å². The summed E-state index contributed by atoms with van der Waals surface area (Å²) in [5, 5.41) is 11.0. The summed E-state index contributed by atoms with van der Waals surface area (Å²) >= 11 is 1.28. The molecule has 1 aliphatic heterocycles. The Hall–Kier alpha value is -0.470. The van der Waals surface area contributed by atoms with Gasteiger partial charge in [0.1, 0.15) is 0 Å². The van der Waals surface area contributed by atoms with Crippen LogP contribution in [0.4, 0.5) is 0 Å². The standard InChI is InChI=1S/C13H22N2O3S2/c1-3-11(2)14-5-7-15(8-6-14)20(17,18)13-4-9-19-12(13)10-16/h4,9,11,16H,3,5-8,10H2,1-2H3. The number of aliphatic hydroxyl groups excluding tert-OH is 1. The minimum Gasteiger partial charge on any atom is -0.391 e. The predicted octanol–water partition coefficient (Wildman–Crippen LogP) is 1.35. The van der Waals surface area contributed by atoms with Crippen LogP contribution in [0.15, 0.2) is 16.3 Å². The Balaban J connectivity index is 2.10. The van der Waals surface area contributed by atoms with Crippen molar-refractivity contribution < 1.29 is 13.5 Å². The van der Waals surface area contributed by atoms with Crippen molar-refractivity contribution in [3.05, 3.63) is 16.3 Å². The first-order valence-electron chi connectivity index (χ1n) is 6.92. The second-order valence-electron chi connectivity index (χ2n) is 5.06. The van der Waals surface area contributed by atoms with Crippen molar-refractivity contribution in [2.75, 3.05) is 26.2 Å². The van der Waals surface area contributed by atoms with Crippen molar-refractivity contribution in [1.82, 2.24) is 9.21 Å². The van der Waals surface area contributed by atoms with Crippen molar-refractivity contribution in [3.8, 4) is 0 Å². The summed E-state index contributed by atoms with van der Waals surface area (Å²) in [6.07, 6.45) is 1.08. The lowest BCUT2D eigenvalue weighted by molar-refractivity contribution is 0.142. The van der Waals surface area contributed by atoms with Crippen molar-refractivity contribution in [2.24, 2.45) is 0 Å². The van der Waals surface area contributed by atoms with Gasteiger partial charge in [-0.15, -0.1) is 11.3 Å². The summed E-state index contributed by atoms with van der Waals surface area (Å²) in [6.45, 7) is 6.68. The highest BCUT2D eigenvalue weighted by Gasteiger charge is 2.31. The molecule has 1 aromatic rings. The maximum atomic E-state index is 12.6. The molecule has 2 rings (SSSR count). The topological polar surface area (TPSA) is 60.9 Å². The number of aliphatic hydroxyl groups is 1. The number of sulfonamides is 1. The number of hydrogen-bond acceptors (Lipinski definition) is 5. The second-order valence-corrected chi connectivity index (χ2v) is 7.97. The largest absolute Gasteiger partial charge is 0.391 e. The van der Waals surface area contributed by atoms with Crippen molar-refractivity contribution >= 4 is 21.4 Å². The zero-order valence-corrected chi connectivity index (χ0v) is 13.6. The average molecular weight is 318 g/mol. The van der Waals surface area contributed by atoms with Crippen LogP contribution in [0.1, 0.15) is 25.1 Å². The molecule has 0 aliphatic carbocycles. The van der Waals surface area contributed by atoms with Crippen LogP contribution in [0.3, 0.4) is 0 Å². The summed E-state index contributed by atoms with van der Waals surface area (Å²) in [7, 11) is -3.46. The molecule has 5 nitrogen and oxygen atoms in total. The molecule has 1 fully saturated rings. The summed E-state index contributed by atoms with van der Waals surface area (Å²) in [4.78, 5) is 3.11. The van der Waals surface area contributed by atoms with Crippen molar-refractivity contribution in [2.45, 2.75) is 37.8 Å². The maximum absolute atomic E-state index is 12.6. The van der Waals surface area contributed by atoms with Gasteiger partial charge in [0, 0.05) is 37.1 Å². The average Bonchev–Trinajstić information content (AvgIpc) is 2.95. The SMILES string of the molecule is CCC(C)N1CCN(S(=O)(=O)c2ccsc2CO)CC1. The quantitative estimate of drug-likeness (QED) is 0.890. The Kier molecular flexibility index (Phi) is 5.19. The van der Waals surface area contributed by atoms with Crippen LogP contribution < -0.4 is 0 Å². The minimum absolute atomic E-state index is 0.223. The minimum atomic E-state index is -3.46. The van der Waals surface area contributed by atoms with E-state index in [1.54, 1.807) is 11.4 Å². The molecule has 2 heterocycles. The first-order valence-corrected chi connectivity index (χ1v) is 9.24. The molecular weight excluding hydrogens is 296 g/mol. The summed E-state index contributed by atoms with van der Waals surface area (Å²) in [5.74, 6) is 0. The Morgan fingerprint density at radius 1 is 1.35 bits per heavy atom. The van der Waals surface area contributed by atoms with Gasteiger partial charge in [-0.25, -0.2) is 8.42 Å². The van der Waals surface area contributed by atoms with Crippen LogP contribution >= 0.6 is 11.3 Å². The van der Waals surface area contributed by atoms with Gasteiger partial charge >= 0.3 is 0 Å².